The second-order valence-corrected chi connectivity index (χ2v) is 6.05. The molecule has 0 aromatic heterocycles. The minimum atomic E-state index is -1.00. The molecule has 0 spiro atoms. The molecular weight excluding hydrogens is 286 g/mol. The van der Waals surface area contributed by atoms with Crippen LogP contribution < -0.4 is 5.32 Å². The Morgan fingerprint density at radius 3 is 2.14 bits per heavy atom. The molecule has 2 N–H and O–H groups in total. The van der Waals surface area contributed by atoms with Gasteiger partial charge in [0.2, 0.25) is 5.91 Å². The summed E-state index contributed by atoms with van der Waals surface area (Å²) in [7, 11) is 0. The number of carboxylic acid groups (broad SMARTS) is 1. The van der Waals surface area contributed by atoms with Gasteiger partial charge in [-0.15, -0.1) is 0 Å². The molecule has 0 aromatic rings. The maximum atomic E-state index is 12.3. The third kappa shape index (κ3) is 3.90. The second kappa shape index (κ2) is 7.47. The van der Waals surface area contributed by atoms with Crippen molar-refractivity contribution in [1.82, 2.24) is 15.1 Å². The number of hydrogen-bond acceptors (Lipinski definition) is 3. The van der Waals surface area contributed by atoms with Crippen LogP contribution in [0.2, 0.25) is 0 Å². The van der Waals surface area contributed by atoms with E-state index in [0.29, 0.717) is 32.4 Å². The topological polar surface area (TPSA) is 90.0 Å². The van der Waals surface area contributed by atoms with Crippen LogP contribution in [0.15, 0.2) is 0 Å². The molecule has 2 aliphatic heterocycles. The minimum absolute atomic E-state index is 0.0772. The van der Waals surface area contributed by atoms with E-state index in [2.05, 4.69) is 5.32 Å². The summed E-state index contributed by atoms with van der Waals surface area (Å²) in [6, 6.07) is -0.745. The number of piperidine rings is 1. The molecule has 2 rings (SSSR count). The molecular formula is C15H25N3O4. The Bertz CT molecular complexity index is 427. The third-order valence-corrected chi connectivity index (χ3v) is 4.54. The molecule has 3 amide bonds. The summed E-state index contributed by atoms with van der Waals surface area (Å²) in [4.78, 5) is 39.0. The van der Waals surface area contributed by atoms with Gasteiger partial charge in [0, 0.05) is 32.1 Å². The van der Waals surface area contributed by atoms with Crippen molar-refractivity contribution in [2.75, 3.05) is 26.2 Å². The zero-order valence-corrected chi connectivity index (χ0v) is 13.1. The summed E-state index contributed by atoms with van der Waals surface area (Å²) in [6.45, 7) is 4.52. The zero-order valence-electron chi connectivity index (χ0n) is 13.1. The monoisotopic (exact) mass is 311 g/mol. The average Bonchev–Trinajstić information content (AvgIpc) is 3.05. The highest BCUT2D eigenvalue weighted by molar-refractivity contribution is 5.85. The number of likely N-dealkylation sites (tertiary alicyclic amines) is 2. The molecule has 2 fully saturated rings. The number of hydrogen-bond donors (Lipinski definition) is 2. The minimum Gasteiger partial charge on any atom is -0.480 e. The van der Waals surface area contributed by atoms with E-state index in [1.54, 1.807) is 6.92 Å². The second-order valence-electron chi connectivity index (χ2n) is 6.05. The zero-order chi connectivity index (χ0) is 16.1. The normalized spacial score (nSPS) is 20.8. The van der Waals surface area contributed by atoms with Gasteiger partial charge >= 0.3 is 12.0 Å². The van der Waals surface area contributed by atoms with Crippen molar-refractivity contribution in [3.63, 3.8) is 0 Å². The van der Waals surface area contributed by atoms with E-state index in [-0.39, 0.29) is 17.9 Å². The van der Waals surface area contributed by atoms with Gasteiger partial charge in [0.05, 0.1) is 0 Å². The third-order valence-electron chi connectivity index (χ3n) is 4.54. The Morgan fingerprint density at radius 2 is 1.64 bits per heavy atom. The van der Waals surface area contributed by atoms with Crippen molar-refractivity contribution in [3.8, 4) is 0 Å². The number of nitrogens with one attached hydrogen (secondary N) is 1. The van der Waals surface area contributed by atoms with Crippen LogP contribution in [-0.2, 0) is 9.59 Å². The fourth-order valence-electron chi connectivity index (χ4n) is 3.07. The van der Waals surface area contributed by atoms with Crippen LogP contribution in [0.3, 0.4) is 0 Å². The van der Waals surface area contributed by atoms with Gasteiger partial charge in [0.1, 0.15) is 6.04 Å². The molecule has 1 atom stereocenters. The Labute approximate surface area is 130 Å². The Hall–Kier alpha value is -1.79. The predicted molar refractivity (Wildman–Crippen MR) is 80.4 cm³/mol. The lowest BCUT2D eigenvalue weighted by Gasteiger charge is -2.34. The van der Waals surface area contributed by atoms with Gasteiger partial charge in [0.15, 0.2) is 0 Å². The smallest absolute Gasteiger partial charge is 0.326 e. The first kappa shape index (κ1) is 16.6. The molecule has 22 heavy (non-hydrogen) atoms. The van der Waals surface area contributed by atoms with Gasteiger partial charge in [-0.25, -0.2) is 9.59 Å². The molecule has 0 saturated carbocycles. The van der Waals surface area contributed by atoms with Crippen LogP contribution in [0.4, 0.5) is 4.79 Å². The van der Waals surface area contributed by atoms with E-state index in [0.717, 1.165) is 25.9 Å². The lowest BCUT2D eigenvalue weighted by Crippen LogP contribution is -2.49. The largest absolute Gasteiger partial charge is 0.480 e. The summed E-state index contributed by atoms with van der Waals surface area (Å²) in [5.41, 5.74) is 0. The summed E-state index contributed by atoms with van der Waals surface area (Å²) in [5.74, 6) is -1.41. The number of carboxylic acids is 1. The van der Waals surface area contributed by atoms with Gasteiger partial charge in [-0.3, -0.25) is 4.79 Å². The number of amides is 3. The van der Waals surface area contributed by atoms with Gasteiger partial charge in [-0.05, 0) is 32.1 Å². The van der Waals surface area contributed by atoms with E-state index in [1.165, 1.54) is 0 Å². The van der Waals surface area contributed by atoms with Crippen LogP contribution in [0.5, 0.6) is 0 Å². The van der Waals surface area contributed by atoms with Crippen molar-refractivity contribution in [2.45, 2.75) is 45.1 Å². The average molecular weight is 311 g/mol. The highest BCUT2D eigenvalue weighted by Gasteiger charge is 2.31. The van der Waals surface area contributed by atoms with E-state index in [1.807, 2.05) is 9.80 Å². The molecule has 0 aromatic carbocycles. The number of carbonyl (C=O) groups is 3. The fourth-order valence-corrected chi connectivity index (χ4v) is 3.07. The van der Waals surface area contributed by atoms with Crippen LogP contribution in [0, 0.1) is 5.92 Å². The van der Waals surface area contributed by atoms with E-state index in [4.69, 9.17) is 5.11 Å². The highest BCUT2D eigenvalue weighted by atomic mass is 16.4. The number of aliphatic carboxylic acids is 1. The Morgan fingerprint density at radius 1 is 1.09 bits per heavy atom. The molecule has 0 aliphatic carbocycles. The molecule has 0 bridgehead atoms. The summed E-state index contributed by atoms with van der Waals surface area (Å²) in [6.07, 6.45) is 3.70. The predicted octanol–water partition coefficient (Wildman–Crippen LogP) is 0.894. The van der Waals surface area contributed by atoms with Crippen LogP contribution in [-0.4, -0.2) is 65.0 Å². The molecule has 7 heteroatoms. The number of nitrogens with zero attached hydrogens (tertiary/aromatic N) is 2. The molecule has 124 valence electrons. The highest BCUT2D eigenvalue weighted by Crippen LogP contribution is 2.20. The van der Waals surface area contributed by atoms with Crippen LogP contribution in [0.25, 0.3) is 0 Å². The maximum Gasteiger partial charge on any atom is 0.326 e. The van der Waals surface area contributed by atoms with Crippen LogP contribution >= 0.6 is 0 Å². The van der Waals surface area contributed by atoms with E-state index >= 15 is 0 Å². The Balaban J connectivity index is 1.79. The van der Waals surface area contributed by atoms with E-state index < -0.39 is 12.0 Å². The molecule has 0 radical (unpaired) electrons. The maximum absolute atomic E-state index is 12.3. The first-order valence-electron chi connectivity index (χ1n) is 8.10. The fraction of sp³-hybridized carbons (Fsp3) is 0.800. The van der Waals surface area contributed by atoms with E-state index in [9.17, 15) is 14.4 Å². The quantitative estimate of drug-likeness (QED) is 0.807. The van der Waals surface area contributed by atoms with Crippen molar-refractivity contribution >= 4 is 17.9 Å². The summed E-state index contributed by atoms with van der Waals surface area (Å²) < 4.78 is 0. The standard InChI is InChI=1S/C15H25N3O4/c1-2-12(14(20)21)16-13(19)11-5-9-18(10-6-11)15(22)17-7-3-4-8-17/h11-12H,2-10H2,1H3,(H,16,19)(H,20,21). The van der Waals surface area contributed by atoms with Crippen molar-refractivity contribution in [3.05, 3.63) is 0 Å². The lowest BCUT2D eigenvalue weighted by atomic mass is 9.95. The SMILES string of the molecule is CCC(NC(=O)C1CCN(C(=O)N2CCCC2)CC1)C(=O)O. The van der Waals surface area contributed by atoms with Gasteiger partial charge in [-0.1, -0.05) is 6.92 Å². The molecule has 1 unspecified atom stereocenters. The number of carbonyl (C=O) groups excluding carboxylic acids is 2. The molecule has 7 nitrogen and oxygen atoms in total. The van der Waals surface area contributed by atoms with Crippen molar-refractivity contribution in [2.24, 2.45) is 5.92 Å². The lowest BCUT2D eigenvalue weighted by molar-refractivity contribution is -0.142. The van der Waals surface area contributed by atoms with Gasteiger partial charge < -0.3 is 20.2 Å². The first-order chi connectivity index (χ1) is 10.5. The Kier molecular flexibility index (Phi) is 5.63. The summed E-state index contributed by atoms with van der Waals surface area (Å²) in [5, 5.41) is 11.6. The van der Waals surface area contributed by atoms with Crippen molar-refractivity contribution in [1.29, 1.82) is 0 Å². The van der Waals surface area contributed by atoms with Gasteiger partial charge in [0.25, 0.3) is 0 Å². The molecule has 2 heterocycles. The van der Waals surface area contributed by atoms with Gasteiger partial charge in [-0.2, -0.15) is 0 Å². The number of rotatable bonds is 4. The van der Waals surface area contributed by atoms with Crippen molar-refractivity contribution < 1.29 is 19.5 Å². The summed E-state index contributed by atoms with van der Waals surface area (Å²) >= 11 is 0. The number of urea groups is 1. The van der Waals surface area contributed by atoms with Crippen LogP contribution in [0.1, 0.15) is 39.0 Å². The molecule has 2 aliphatic rings. The first-order valence-corrected chi connectivity index (χ1v) is 8.10. The molecule has 2 saturated heterocycles.